The van der Waals surface area contributed by atoms with E-state index in [0.717, 1.165) is 38.0 Å². The predicted molar refractivity (Wildman–Crippen MR) is 94.3 cm³/mol. The van der Waals surface area contributed by atoms with Gasteiger partial charge in [0, 0.05) is 43.6 Å². The van der Waals surface area contributed by atoms with E-state index in [2.05, 4.69) is 27.1 Å². The highest BCUT2D eigenvalue weighted by Crippen LogP contribution is 2.33. The maximum atomic E-state index is 10.2. The van der Waals surface area contributed by atoms with E-state index in [0.29, 0.717) is 18.2 Å². The van der Waals surface area contributed by atoms with Gasteiger partial charge in [-0.2, -0.15) is 0 Å². The van der Waals surface area contributed by atoms with E-state index in [9.17, 15) is 5.11 Å². The second-order valence-electron chi connectivity index (χ2n) is 6.32. The summed E-state index contributed by atoms with van der Waals surface area (Å²) in [5.74, 6) is 0.762. The first-order valence-corrected chi connectivity index (χ1v) is 8.40. The minimum Gasteiger partial charge on any atom is -0.504 e. The number of ether oxygens (including phenoxy) is 1. The van der Waals surface area contributed by atoms with Crippen molar-refractivity contribution in [2.24, 2.45) is 0 Å². The highest BCUT2D eigenvalue weighted by Gasteiger charge is 2.21. The Morgan fingerprint density at radius 3 is 2.79 bits per heavy atom. The number of imidazole rings is 1. The van der Waals surface area contributed by atoms with Gasteiger partial charge in [-0.25, -0.2) is 4.98 Å². The lowest BCUT2D eigenvalue weighted by atomic mass is 10.0. The van der Waals surface area contributed by atoms with Gasteiger partial charge < -0.3 is 14.4 Å². The lowest BCUT2D eigenvalue weighted by Gasteiger charge is -2.32. The number of phenolic OH excluding ortho intramolecular Hbond substituents is 1. The molecule has 5 heteroatoms. The van der Waals surface area contributed by atoms with Crippen LogP contribution < -0.4 is 4.74 Å². The Labute approximate surface area is 143 Å². The number of phenols is 1. The molecule has 1 aromatic heterocycles. The molecule has 128 valence electrons. The molecule has 1 aromatic carbocycles. The Kier molecular flexibility index (Phi) is 5.20. The third kappa shape index (κ3) is 3.62. The summed E-state index contributed by atoms with van der Waals surface area (Å²) in [5, 5.41) is 10.2. The highest BCUT2D eigenvalue weighted by molar-refractivity contribution is 5.49. The van der Waals surface area contributed by atoms with Gasteiger partial charge in [0.1, 0.15) is 0 Å². The smallest absolute Gasteiger partial charge is 0.161 e. The van der Waals surface area contributed by atoms with E-state index in [1.165, 1.54) is 5.56 Å². The summed E-state index contributed by atoms with van der Waals surface area (Å²) in [6, 6.07) is 4.54. The van der Waals surface area contributed by atoms with Crippen LogP contribution in [0.3, 0.4) is 0 Å². The van der Waals surface area contributed by atoms with Crippen LogP contribution in [0.2, 0.25) is 0 Å². The van der Waals surface area contributed by atoms with Crippen LogP contribution in [0, 0.1) is 0 Å². The van der Waals surface area contributed by atoms with E-state index in [4.69, 9.17) is 4.74 Å². The average molecular weight is 327 g/mol. The number of allylic oxidation sites excluding steroid dienone is 1. The minimum absolute atomic E-state index is 0.222. The fraction of sp³-hybridized carbons (Fsp3) is 0.421. The Hall–Kier alpha value is -2.27. The van der Waals surface area contributed by atoms with Crippen LogP contribution in [0.1, 0.15) is 30.0 Å². The van der Waals surface area contributed by atoms with E-state index >= 15 is 0 Å². The third-order valence-electron chi connectivity index (χ3n) is 4.71. The number of aromatic nitrogens is 2. The Morgan fingerprint density at radius 1 is 1.38 bits per heavy atom. The van der Waals surface area contributed by atoms with E-state index in [-0.39, 0.29) is 5.75 Å². The van der Waals surface area contributed by atoms with Gasteiger partial charge in [-0.1, -0.05) is 12.1 Å². The zero-order chi connectivity index (χ0) is 16.9. The highest BCUT2D eigenvalue weighted by atomic mass is 16.5. The molecular formula is C19H25N3O2. The number of benzene rings is 1. The molecule has 0 amide bonds. The molecule has 5 nitrogen and oxygen atoms in total. The molecule has 0 aliphatic carbocycles. The van der Waals surface area contributed by atoms with Gasteiger partial charge in [0.25, 0.3) is 0 Å². The van der Waals surface area contributed by atoms with Crippen LogP contribution in [-0.4, -0.2) is 39.8 Å². The number of rotatable bonds is 6. The fourth-order valence-electron chi connectivity index (χ4n) is 3.41. The molecule has 1 fully saturated rings. The van der Waals surface area contributed by atoms with Crippen LogP contribution in [0.4, 0.5) is 0 Å². The molecule has 1 saturated heterocycles. The van der Waals surface area contributed by atoms with Crippen LogP contribution in [-0.2, 0) is 13.0 Å². The fourth-order valence-corrected chi connectivity index (χ4v) is 3.41. The molecule has 1 aliphatic heterocycles. The molecule has 0 spiro atoms. The molecule has 24 heavy (non-hydrogen) atoms. The molecule has 0 bridgehead atoms. The van der Waals surface area contributed by atoms with Crippen LogP contribution >= 0.6 is 0 Å². The van der Waals surface area contributed by atoms with Crippen molar-refractivity contribution in [3.63, 3.8) is 0 Å². The molecule has 0 radical (unpaired) electrons. The molecule has 2 aromatic rings. The summed E-state index contributed by atoms with van der Waals surface area (Å²) in [7, 11) is 1.59. The van der Waals surface area contributed by atoms with Crippen molar-refractivity contribution in [1.29, 1.82) is 0 Å². The van der Waals surface area contributed by atoms with Crippen LogP contribution in [0.5, 0.6) is 11.5 Å². The monoisotopic (exact) mass is 327 g/mol. The van der Waals surface area contributed by atoms with Gasteiger partial charge in [0.2, 0.25) is 0 Å². The Balaban J connectivity index is 1.66. The summed E-state index contributed by atoms with van der Waals surface area (Å²) in [6.45, 7) is 6.75. The molecule has 1 aliphatic rings. The largest absolute Gasteiger partial charge is 0.504 e. The topological polar surface area (TPSA) is 50.5 Å². The first kappa shape index (κ1) is 16.6. The van der Waals surface area contributed by atoms with E-state index in [1.807, 2.05) is 24.8 Å². The minimum atomic E-state index is 0.222. The maximum absolute atomic E-state index is 10.2. The number of nitrogens with zero attached hydrogens (tertiary/aromatic N) is 3. The number of piperidine rings is 1. The van der Waals surface area contributed by atoms with Crippen molar-refractivity contribution >= 4 is 0 Å². The van der Waals surface area contributed by atoms with Gasteiger partial charge >= 0.3 is 0 Å². The lowest BCUT2D eigenvalue weighted by molar-refractivity contribution is 0.179. The summed E-state index contributed by atoms with van der Waals surface area (Å²) in [4.78, 5) is 6.60. The lowest BCUT2D eigenvalue weighted by Crippen LogP contribution is -2.34. The number of methoxy groups -OCH3 is 1. The van der Waals surface area contributed by atoms with Crippen molar-refractivity contribution in [2.75, 3.05) is 20.2 Å². The molecule has 0 saturated carbocycles. The summed E-state index contributed by atoms with van der Waals surface area (Å²) in [5.41, 5.74) is 2.04. The van der Waals surface area contributed by atoms with Crippen molar-refractivity contribution in [1.82, 2.24) is 14.5 Å². The molecule has 1 N–H and O–H groups in total. The summed E-state index contributed by atoms with van der Waals surface area (Å²) in [6.07, 6.45) is 10.5. The zero-order valence-corrected chi connectivity index (χ0v) is 14.2. The first-order chi connectivity index (χ1) is 11.7. The number of likely N-dealkylation sites (tertiary alicyclic amines) is 1. The number of hydrogen-bond donors (Lipinski definition) is 1. The van der Waals surface area contributed by atoms with Crippen LogP contribution in [0.15, 0.2) is 43.5 Å². The first-order valence-electron chi connectivity index (χ1n) is 8.40. The van der Waals surface area contributed by atoms with Crippen molar-refractivity contribution in [3.8, 4) is 11.5 Å². The van der Waals surface area contributed by atoms with Crippen molar-refractivity contribution < 1.29 is 9.84 Å². The van der Waals surface area contributed by atoms with Crippen molar-refractivity contribution in [2.45, 2.75) is 31.8 Å². The third-order valence-corrected chi connectivity index (χ3v) is 4.71. The standard InChI is InChI=1S/C19H25N3O2/c1-3-4-16-11-15(12-18(24-2)19(16)23)13-21-8-5-17(6-9-21)22-10-7-20-14-22/h3,7,10-12,14,17,23H,1,4-6,8-9,13H2,2H3. The molecule has 3 rings (SSSR count). The predicted octanol–water partition coefficient (Wildman–Crippen LogP) is 3.16. The second kappa shape index (κ2) is 7.53. The van der Waals surface area contributed by atoms with Gasteiger partial charge in [0.15, 0.2) is 11.5 Å². The zero-order valence-electron chi connectivity index (χ0n) is 14.2. The van der Waals surface area contributed by atoms with Gasteiger partial charge in [-0.05, 0) is 30.9 Å². The SMILES string of the molecule is C=CCc1cc(CN2CCC(n3ccnc3)CC2)cc(OC)c1O. The number of aromatic hydroxyl groups is 1. The Morgan fingerprint density at radius 2 is 2.17 bits per heavy atom. The molecule has 0 atom stereocenters. The molecule has 0 unspecified atom stereocenters. The number of hydrogen-bond acceptors (Lipinski definition) is 4. The maximum Gasteiger partial charge on any atom is 0.161 e. The van der Waals surface area contributed by atoms with Gasteiger partial charge in [0.05, 0.1) is 13.4 Å². The van der Waals surface area contributed by atoms with Gasteiger partial charge in [-0.3, -0.25) is 4.90 Å². The summed E-state index contributed by atoms with van der Waals surface area (Å²) < 4.78 is 7.53. The quantitative estimate of drug-likeness (QED) is 0.828. The van der Waals surface area contributed by atoms with E-state index < -0.39 is 0 Å². The normalized spacial score (nSPS) is 16.2. The van der Waals surface area contributed by atoms with Crippen molar-refractivity contribution in [3.05, 3.63) is 54.6 Å². The molecular weight excluding hydrogens is 302 g/mol. The second-order valence-corrected chi connectivity index (χ2v) is 6.32. The average Bonchev–Trinajstić information content (AvgIpc) is 3.13. The van der Waals surface area contributed by atoms with Gasteiger partial charge in [-0.15, -0.1) is 6.58 Å². The summed E-state index contributed by atoms with van der Waals surface area (Å²) >= 11 is 0. The van der Waals surface area contributed by atoms with E-state index in [1.54, 1.807) is 13.2 Å². The Bertz CT molecular complexity index is 674. The molecule has 2 heterocycles. The van der Waals surface area contributed by atoms with Crippen LogP contribution in [0.25, 0.3) is 0 Å².